The van der Waals surface area contributed by atoms with Gasteiger partial charge in [-0.3, -0.25) is 4.79 Å². The van der Waals surface area contributed by atoms with Crippen LogP contribution in [-0.4, -0.2) is 87.5 Å². The van der Waals surface area contributed by atoms with E-state index in [9.17, 15) is 30.3 Å². The quantitative estimate of drug-likeness (QED) is 0.0261. The second-order valence-electron chi connectivity index (χ2n) is 28.6. The van der Waals surface area contributed by atoms with E-state index >= 15 is 0 Å². The van der Waals surface area contributed by atoms with Crippen molar-refractivity contribution in [3.05, 3.63) is 12.2 Å². The van der Waals surface area contributed by atoms with Gasteiger partial charge >= 0.3 is 0 Å². The fourth-order valence-electron chi connectivity index (χ4n) is 13.6. The number of carbonyl (C=O) groups is 1. The molecular weight excluding hydrogens is 1100 g/mol. The molecule has 1 aliphatic rings. The van der Waals surface area contributed by atoms with Crippen molar-refractivity contribution in [3.63, 3.8) is 0 Å². The summed E-state index contributed by atoms with van der Waals surface area (Å²) in [6.45, 7) is 3.86. The van der Waals surface area contributed by atoms with E-state index in [1.807, 2.05) is 6.08 Å². The normalized spacial score (nSPS) is 17.8. The Morgan fingerprint density at radius 3 is 0.876 bits per heavy atom. The molecule has 0 aliphatic carbocycles. The van der Waals surface area contributed by atoms with Crippen molar-refractivity contribution in [1.29, 1.82) is 0 Å². The first kappa shape index (κ1) is 85.9. The second-order valence-corrected chi connectivity index (χ2v) is 28.6. The molecule has 1 saturated heterocycles. The van der Waals surface area contributed by atoms with Gasteiger partial charge in [-0.2, -0.15) is 0 Å². The van der Waals surface area contributed by atoms with Crippen LogP contribution < -0.4 is 5.32 Å². The zero-order chi connectivity index (χ0) is 64.2. The molecular formula is C80H157NO8. The number of carbonyl (C=O) groups excluding carboxylic acids is 1. The van der Waals surface area contributed by atoms with Crippen molar-refractivity contribution in [3.8, 4) is 0 Å². The van der Waals surface area contributed by atoms with Gasteiger partial charge in [0.2, 0.25) is 5.91 Å². The van der Waals surface area contributed by atoms with Gasteiger partial charge in [0, 0.05) is 6.42 Å². The number of amides is 1. The largest absolute Gasteiger partial charge is 0.394 e. The van der Waals surface area contributed by atoms with Gasteiger partial charge in [0.1, 0.15) is 24.4 Å². The summed E-state index contributed by atoms with van der Waals surface area (Å²) in [6, 6.07) is -0.803. The van der Waals surface area contributed by atoms with Crippen LogP contribution in [0.1, 0.15) is 438 Å². The second kappa shape index (κ2) is 69.8. The molecule has 1 fully saturated rings. The Labute approximate surface area is 554 Å². The topological polar surface area (TPSA) is 149 Å². The first-order valence-electron chi connectivity index (χ1n) is 40.4. The molecule has 7 unspecified atom stereocenters. The summed E-state index contributed by atoms with van der Waals surface area (Å²) in [5.41, 5.74) is 0. The van der Waals surface area contributed by atoms with Gasteiger partial charge in [0.25, 0.3) is 0 Å². The van der Waals surface area contributed by atoms with E-state index in [1.165, 1.54) is 379 Å². The fraction of sp³-hybridized carbons (Fsp3) is 0.963. The summed E-state index contributed by atoms with van der Waals surface area (Å²) in [4.78, 5) is 13.2. The standard InChI is InChI=1S/C80H157NO8/c1-3-5-7-9-11-13-15-17-19-21-23-25-27-29-31-32-33-34-35-36-37-38-39-40-41-42-43-44-46-48-50-52-54-56-58-60-62-64-66-68-70-76(84)81-73(72-88-80-79(87)78(86)77(85)75(71-82)89-80)74(83)69-67-65-63-61-59-57-55-53-51-49-47-45-30-28-26-24-22-20-18-16-14-12-10-8-6-4-2/h67,69,73-75,77-80,82-83,85-87H,3-66,68,70-72H2,1-2H3,(H,81,84)/b69-67+. The Bertz CT molecular complexity index is 1410. The number of aliphatic hydroxyl groups is 5. The van der Waals surface area contributed by atoms with Crippen molar-refractivity contribution in [2.24, 2.45) is 0 Å². The molecule has 1 aliphatic heterocycles. The lowest BCUT2D eigenvalue weighted by Gasteiger charge is -2.40. The van der Waals surface area contributed by atoms with Crippen LogP contribution in [0.4, 0.5) is 0 Å². The molecule has 0 aromatic carbocycles. The number of allylic oxidation sites excluding steroid dienone is 1. The first-order chi connectivity index (χ1) is 43.8. The van der Waals surface area contributed by atoms with Crippen LogP contribution in [0, 0.1) is 0 Å². The van der Waals surface area contributed by atoms with Gasteiger partial charge < -0.3 is 40.3 Å². The average Bonchev–Trinajstić information content (AvgIpc) is 2.19. The van der Waals surface area contributed by atoms with Gasteiger partial charge in [0.15, 0.2) is 6.29 Å². The molecule has 6 N–H and O–H groups in total. The van der Waals surface area contributed by atoms with E-state index in [0.29, 0.717) is 6.42 Å². The predicted octanol–water partition coefficient (Wildman–Crippen LogP) is 23.0. The maximum Gasteiger partial charge on any atom is 0.220 e. The van der Waals surface area contributed by atoms with Crippen molar-refractivity contribution in [2.75, 3.05) is 13.2 Å². The van der Waals surface area contributed by atoms with Crippen molar-refractivity contribution < 1.29 is 39.8 Å². The lowest BCUT2D eigenvalue weighted by atomic mass is 9.99. The molecule has 1 amide bonds. The molecule has 9 nitrogen and oxygen atoms in total. The first-order valence-corrected chi connectivity index (χ1v) is 40.4. The Kier molecular flexibility index (Phi) is 67.4. The van der Waals surface area contributed by atoms with Crippen LogP contribution in [0.15, 0.2) is 12.2 Å². The summed E-state index contributed by atoms with van der Waals surface area (Å²) in [7, 11) is 0. The number of hydrogen-bond acceptors (Lipinski definition) is 8. The highest BCUT2D eigenvalue weighted by atomic mass is 16.7. The molecule has 89 heavy (non-hydrogen) atoms. The number of hydrogen-bond donors (Lipinski definition) is 6. The van der Waals surface area contributed by atoms with Crippen LogP contribution in [0.5, 0.6) is 0 Å². The van der Waals surface area contributed by atoms with Crippen LogP contribution in [0.3, 0.4) is 0 Å². The van der Waals surface area contributed by atoms with Crippen LogP contribution >= 0.6 is 0 Å². The highest BCUT2D eigenvalue weighted by molar-refractivity contribution is 5.76. The molecule has 1 heterocycles. The summed E-state index contributed by atoms with van der Waals surface area (Å²) in [5.74, 6) is -0.165. The Morgan fingerprint density at radius 2 is 0.618 bits per heavy atom. The smallest absolute Gasteiger partial charge is 0.220 e. The number of unbranched alkanes of at least 4 members (excludes halogenated alkanes) is 63. The molecule has 0 spiro atoms. The van der Waals surface area contributed by atoms with Crippen LogP contribution in [0.2, 0.25) is 0 Å². The predicted molar refractivity (Wildman–Crippen MR) is 383 cm³/mol. The minimum Gasteiger partial charge on any atom is -0.394 e. The van der Waals surface area contributed by atoms with Crippen LogP contribution in [0.25, 0.3) is 0 Å². The van der Waals surface area contributed by atoms with E-state index in [0.717, 1.165) is 38.5 Å². The maximum atomic E-state index is 13.2. The molecule has 0 radical (unpaired) electrons. The molecule has 0 bridgehead atoms. The molecule has 1 rings (SSSR count). The van der Waals surface area contributed by atoms with Gasteiger partial charge in [-0.1, -0.05) is 424 Å². The van der Waals surface area contributed by atoms with Gasteiger partial charge in [0.05, 0.1) is 25.4 Å². The number of aliphatic hydroxyl groups excluding tert-OH is 5. The molecule has 0 aromatic heterocycles. The third-order valence-electron chi connectivity index (χ3n) is 19.9. The highest BCUT2D eigenvalue weighted by Gasteiger charge is 2.44. The molecule has 0 saturated carbocycles. The number of nitrogens with one attached hydrogen (secondary N) is 1. The van der Waals surface area contributed by atoms with Gasteiger partial charge in [-0.05, 0) is 19.3 Å². The fourth-order valence-corrected chi connectivity index (χ4v) is 13.6. The highest BCUT2D eigenvalue weighted by Crippen LogP contribution is 2.24. The summed E-state index contributed by atoms with van der Waals surface area (Å²) >= 11 is 0. The van der Waals surface area contributed by atoms with E-state index in [-0.39, 0.29) is 12.5 Å². The summed E-state index contributed by atoms with van der Waals surface area (Å²) < 4.78 is 11.3. The lowest BCUT2D eigenvalue weighted by Crippen LogP contribution is -2.60. The van der Waals surface area contributed by atoms with Crippen molar-refractivity contribution >= 4 is 5.91 Å². The van der Waals surface area contributed by atoms with Gasteiger partial charge in [-0.25, -0.2) is 0 Å². The minimum atomic E-state index is -1.57. The molecule has 7 atom stereocenters. The number of ether oxygens (including phenoxy) is 2. The molecule has 9 heteroatoms. The van der Waals surface area contributed by atoms with Gasteiger partial charge in [-0.15, -0.1) is 0 Å². The summed E-state index contributed by atoms with van der Waals surface area (Å²) in [6.07, 6.45) is 85.2. The van der Waals surface area contributed by atoms with Crippen molar-refractivity contribution in [1.82, 2.24) is 5.32 Å². The monoisotopic (exact) mass is 1260 g/mol. The van der Waals surface area contributed by atoms with Crippen molar-refractivity contribution in [2.45, 2.75) is 480 Å². The number of rotatable bonds is 73. The van der Waals surface area contributed by atoms with Crippen LogP contribution in [-0.2, 0) is 14.3 Å². The minimum absolute atomic E-state index is 0.165. The third kappa shape index (κ3) is 58.1. The Morgan fingerprint density at radius 1 is 0.371 bits per heavy atom. The van der Waals surface area contributed by atoms with E-state index in [1.54, 1.807) is 6.08 Å². The summed E-state index contributed by atoms with van der Waals surface area (Å²) in [5, 5.41) is 54.9. The van der Waals surface area contributed by atoms with E-state index in [2.05, 4.69) is 19.2 Å². The molecule has 0 aromatic rings. The average molecular weight is 1260 g/mol. The Hall–Kier alpha value is -1.07. The zero-order valence-electron chi connectivity index (χ0n) is 59.7. The third-order valence-corrected chi connectivity index (χ3v) is 19.9. The van der Waals surface area contributed by atoms with E-state index < -0.39 is 49.5 Å². The Balaban J connectivity index is 2.03. The lowest BCUT2D eigenvalue weighted by molar-refractivity contribution is -0.302. The zero-order valence-corrected chi connectivity index (χ0v) is 59.7. The maximum absolute atomic E-state index is 13.2. The SMILES string of the molecule is CCCCCCCCCCCCCCCCCCCCCCCCCC/C=C/C(O)C(COC1OC(CO)C(O)C(O)C1O)NC(=O)CCCCCCCCCCCCCCCCCCCCCCCCCCCCCCCCCCCCCCCCCC. The van der Waals surface area contributed by atoms with E-state index in [4.69, 9.17) is 9.47 Å². The molecule has 530 valence electrons.